The summed E-state index contributed by atoms with van der Waals surface area (Å²) < 4.78 is 39.9. The molecule has 0 saturated carbocycles. The minimum Gasteiger partial charge on any atom is -0.460 e. The number of thioether (sulfide) groups is 1. The average Bonchev–Trinajstić information content (AvgIpc) is 3.39. The van der Waals surface area contributed by atoms with Crippen molar-refractivity contribution in [3.05, 3.63) is 53.9 Å². The summed E-state index contributed by atoms with van der Waals surface area (Å²) in [6, 6.07) is 10.6. The van der Waals surface area contributed by atoms with Crippen molar-refractivity contribution in [3.8, 4) is 0 Å². The largest absolute Gasteiger partial charge is 0.460 e. The number of esters is 1. The second-order valence-corrected chi connectivity index (χ2v) is 9.96. The van der Waals surface area contributed by atoms with Crippen LogP contribution in [0.5, 0.6) is 0 Å². The van der Waals surface area contributed by atoms with Gasteiger partial charge in [0.2, 0.25) is 15.8 Å². The molecule has 0 spiro atoms. The van der Waals surface area contributed by atoms with Crippen molar-refractivity contribution in [2.75, 3.05) is 19.7 Å². The number of carbonyl (C=O) groups is 1. The minimum atomic E-state index is -3.63. The molecule has 0 atom stereocenters. The van der Waals surface area contributed by atoms with E-state index >= 15 is 0 Å². The summed E-state index contributed by atoms with van der Waals surface area (Å²) >= 11 is 1.33. The molecule has 0 unspecified atom stereocenters. The van der Waals surface area contributed by atoms with Crippen molar-refractivity contribution < 1.29 is 22.4 Å². The third kappa shape index (κ3) is 4.35. The molecule has 33 heavy (non-hydrogen) atoms. The lowest BCUT2D eigenvalue weighted by Gasteiger charge is -2.18. The number of hydrogen-bond donors (Lipinski definition) is 0. The van der Waals surface area contributed by atoms with Crippen LogP contribution >= 0.6 is 11.8 Å². The minimum absolute atomic E-state index is 0.157. The van der Waals surface area contributed by atoms with Gasteiger partial charge in [-0.15, -0.1) is 10.2 Å². The normalized spacial score (nSPS) is 12.1. The van der Waals surface area contributed by atoms with Crippen LogP contribution in [0.1, 0.15) is 36.9 Å². The second kappa shape index (κ2) is 9.54. The van der Waals surface area contributed by atoms with E-state index in [-0.39, 0.29) is 17.3 Å². The Hall–Kier alpha value is -2.89. The molecule has 0 saturated heterocycles. The predicted molar refractivity (Wildman–Crippen MR) is 125 cm³/mol. The fourth-order valence-corrected chi connectivity index (χ4v) is 5.95. The van der Waals surface area contributed by atoms with Crippen molar-refractivity contribution >= 4 is 44.4 Å². The van der Waals surface area contributed by atoms with Crippen LogP contribution in [0, 0.1) is 0 Å². The van der Waals surface area contributed by atoms with Crippen LogP contribution < -0.4 is 0 Å². The zero-order valence-corrected chi connectivity index (χ0v) is 20.1. The lowest BCUT2D eigenvalue weighted by Crippen LogP contribution is -2.30. The first kappa shape index (κ1) is 23.3. The number of sulfonamides is 1. The summed E-state index contributed by atoms with van der Waals surface area (Å²) in [4.78, 5) is 12.6. The quantitative estimate of drug-likeness (QED) is 0.257. The Morgan fingerprint density at radius 1 is 1.12 bits per heavy atom. The van der Waals surface area contributed by atoms with E-state index in [9.17, 15) is 13.2 Å². The highest BCUT2D eigenvalue weighted by Crippen LogP contribution is 2.32. The monoisotopic (exact) mass is 488 g/mol. The van der Waals surface area contributed by atoms with Crippen LogP contribution in [0.2, 0.25) is 0 Å². The maximum absolute atomic E-state index is 12.9. The van der Waals surface area contributed by atoms with Crippen molar-refractivity contribution in [1.29, 1.82) is 0 Å². The number of pyridine rings is 1. The maximum Gasteiger partial charge on any atom is 0.374 e. The van der Waals surface area contributed by atoms with E-state index in [4.69, 9.17) is 9.15 Å². The van der Waals surface area contributed by atoms with Gasteiger partial charge in [-0.2, -0.15) is 4.31 Å². The molecule has 4 rings (SSSR count). The molecule has 0 radical (unpaired) electrons. The van der Waals surface area contributed by atoms with Crippen molar-refractivity contribution in [2.24, 2.45) is 0 Å². The lowest BCUT2D eigenvalue weighted by atomic mass is 10.1. The molecule has 0 aliphatic heterocycles. The van der Waals surface area contributed by atoms with Gasteiger partial charge in [0, 0.05) is 36.0 Å². The zero-order chi connectivity index (χ0) is 23.6. The highest BCUT2D eigenvalue weighted by Gasteiger charge is 2.24. The number of hydrogen-bond acceptors (Lipinski definition) is 8. The Morgan fingerprint density at radius 3 is 2.61 bits per heavy atom. The smallest absolute Gasteiger partial charge is 0.374 e. The number of furan rings is 1. The van der Waals surface area contributed by atoms with Crippen LogP contribution in [0.4, 0.5) is 0 Å². The number of ether oxygens (including phenoxy) is 1. The summed E-state index contributed by atoms with van der Waals surface area (Å²) in [6.07, 6.45) is 1.53. The summed E-state index contributed by atoms with van der Waals surface area (Å²) in [5, 5.41) is 9.67. The molecule has 0 N–H and O–H groups in total. The highest BCUT2D eigenvalue weighted by molar-refractivity contribution is 7.98. The van der Waals surface area contributed by atoms with Gasteiger partial charge in [-0.1, -0.05) is 43.8 Å². The van der Waals surface area contributed by atoms with Crippen LogP contribution in [-0.4, -0.2) is 53.0 Å². The molecule has 0 aliphatic carbocycles. The van der Waals surface area contributed by atoms with E-state index in [0.717, 1.165) is 5.39 Å². The number of para-hydroxylation sites is 1. The first-order valence-electron chi connectivity index (χ1n) is 10.6. The third-order valence-electron chi connectivity index (χ3n) is 5.19. The van der Waals surface area contributed by atoms with Gasteiger partial charge in [-0.05, 0) is 25.1 Å². The Kier molecular flexibility index (Phi) is 6.73. The van der Waals surface area contributed by atoms with Gasteiger partial charge in [0.25, 0.3) is 0 Å². The molecule has 0 fully saturated rings. The molecule has 174 valence electrons. The molecule has 11 heteroatoms. The molecule has 9 nitrogen and oxygen atoms in total. The first-order chi connectivity index (χ1) is 15.9. The molecule has 3 heterocycles. The van der Waals surface area contributed by atoms with Gasteiger partial charge in [0.15, 0.2) is 10.8 Å². The van der Waals surface area contributed by atoms with Crippen LogP contribution in [0.25, 0.3) is 16.6 Å². The summed E-state index contributed by atoms with van der Waals surface area (Å²) in [6.45, 7) is 6.34. The Labute approximate surface area is 195 Å². The van der Waals surface area contributed by atoms with Crippen molar-refractivity contribution in [2.45, 2.75) is 36.6 Å². The number of rotatable bonds is 9. The van der Waals surface area contributed by atoms with Gasteiger partial charge in [-0.25, -0.2) is 13.2 Å². The third-order valence-corrected chi connectivity index (χ3v) is 8.19. The van der Waals surface area contributed by atoms with Gasteiger partial charge in [0.1, 0.15) is 5.58 Å². The molecule has 3 aromatic heterocycles. The Morgan fingerprint density at radius 2 is 1.88 bits per heavy atom. The SMILES string of the molecule is CCOC(=O)c1oc2ccccc2c1CSc1nnc2ccc(S(=O)(=O)N(CC)CC)cn12. The van der Waals surface area contributed by atoms with E-state index in [2.05, 4.69) is 10.2 Å². The zero-order valence-electron chi connectivity index (χ0n) is 18.5. The standard InChI is InChI=1S/C22H24N4O5S2/c1-4-25(5-2)33(28,29)15-11-12-19-23-24-22(26(19)13-15)32-14-17-16-9-7-8-10-18(16)31-20(17)21(27)30-6-3/h7-13H,4-6,14H2,1-3H3. The van der Waals surface area contributed by atoms with Gasteiger partial charge in [-0.3, -0.25) is 4.40 Å². The number of benzene rings is 1. The molecule has 0 amide bonds. The number of nitrogens with zero attached hydrogens (tertiary/aromatic N) is 4. The maximum atomic E-state index is 12.9. The predicted octanol–water partition coefficient (Wildman–Crippen LogP) is 3.98. The second-order valence-electron chi connectivity index (χ2n) is 7.08. The van der Waals surface area contributed by atoms with E-state index in [1.165, 1.54) is 28.3 Å². The first-order valence-corrected chi connectivity index (χ1v) is 13.0. The summed E-state index contributed by atoms with van der Waals surface area (Å²) in [7, 11) is -3.63. The lowest BCUT2D eigenvalue weighted by molar-refractivity contribution is 0.0491. The number of fused-ring (bicyclic) bond motifs is 2. The van der Waals surface area contributed by atoms with E-state index in [1.807, 2.05) is 18.2 Å². The van der Waals surface area contributed by atoms with Crippen LogP contribution in [-0.2, 0) is 20.5 Å². The Bertz CT molecular complexity index is 1410. The molecule has 0 bridgehead atoms. The van der Waals surface area contributed by atoms with Crippen LogP contribution in [0.15, 0.2) is 57.1 Å². The molecule has 4 aromatic rings. The van der Waals surface area contributed by atoms with E-state index < -0.39 is 16.0 Å². The Balaban J connectivity index is 1.69. The van der Waals surface area contributed by atoms with Gasteiger partial charge in [0.05, 0.1) is 11.5 Å². The highest BCUT2D eigenvalue weighted by atomic mass is 32.2. The van der Waals surface area contributed by atoms with E-state index in [1.54, 1.807) is 37.3 Å². The summed E-state index contributed by atoms with van der Waals surface area (Å²) in [5.74, 6) is -0.00826. The number of carbonyl (C=O) groups excluding carboxylic acids is 1. The number of aromatic nitrogens is 3. The fraction of sp³-hybridized carbons (Fsp3) is 0.318. The van der Waals surface area contributed by atoms with Crippen molar-refractivity contribution in [3.63, 3.8) is 0 Å². The van der Waals surface area contributed by atoms with Crippen LogP contribution in [0.3, 0.4) is 0 Å². The summed E-state index contributed by atoms with van der Waals surface area (Å²) in [5.41, 5.74) is 1.81. The molecular weight excluding hydrogens is 464 g/mol. The van der Waals surface area contributed by atoms with Gasteiger partial charge < -0.3 is 9.15 Å². The molecule has 0 aliphatic rings. The molecule has 1 aromatic carbocycles. The van der Waals surface area contributed by atoms with Crippen molar-refractivity contribution in [1.82, 2.24) is 18.9 Å². The van der Waals surface area contributed by atoms with E-state index in [0.29, 0.717) is 40.8 Å². The topological polar surface area (TPSA) is 107 Å². The van der Waals surface area contributed by atoms with Gasteiger partial charge >= 0.3 is 5.97 Å². The molecular formula is C22H24N4O5S2. The fourth-order valence-electron chi connectivity index (χ4n) is 3.55. The average molecular weight is 489 g/mol.